The van der Waals surface area contributed by atoms with E-state index >= 15 is 0 Å². The van der Waals surface area contributed by atoms with Crippen molar-refractivity contribution in [1.29, 1.82) is 0 Å². The topological polar surface area (TPSA) is 78.9 Å². The van der Waals surface area contributed by atoms with Crippen molar-refractivity contribution in [3.05, 3.63) is 0 Å². The van der Waals surface area contributed by atoms with Crippen LogP contribution < -0.4 is 0 Å². The fourth-order valence-corrected chi connectivity index (χ4v) is 6.77. The van der Waals surface area contributed by atoms with Crippen molar-refractivity contribution in [3.8, 4) is 0 Å². The highest BCUT2D eigenvalue weighted by atomic mass is 16.6. The third-order valence-electron chi connectivity index (χ3n) is 10.7. The van der Waals surface area contributed by atoms with Gasteiger partial charge in [-0.2, -0.15) is 0 Å². The molecule has 0 saturated heterocycles. The molecule has 0 bridgehead atoms. The summed E-state index contributed by atoms with van der Waals surface area (Å²) in [5, 5.41) is 0. The molecule has 0 aliphatic heterocycles. The summed E-state index contributed by atoms with van der Waals surface area (Å²) >= 11 is 0. The van der Waals surface area contributed by atoms with Crippen molar-refractivity contribution >= 4 is 17.9 Å². The van der Waals surface area contributed by atoms with E-state index < -0.39 is 6.10 Å². The lowest BCUT2D eigenvalue weighted by Gasteiger charge is -2.18. The van der Waals surface area contributed by atoms with Crippen molar-refractivity contribution in [1.82, 2.24) is 0 Å². The maximum atomic E-state index is 12.7. The average molecular weight is 737 g/mol. The molecular formula is C46H88O6. The van der Waals surface area contributed by atoms with Crippen LogP contribution in [0.5, 0.6) is 0 Å². The van der Waals surface area contributed by atoms with Gasteiger partial charge in [0.15, 0.2) is 6.10 Å². The smallest absolute Gasteiger partial charge is 0.306 e. The first-order valence-electron chi connectivity index (χ1n) is 22.9. The number of carbonyl (C=O) groups is 3. The molecule has 6 nitrogen and oxygen atoms in total. The number of ether oxygens (including phenoxy) is 3. The molecule has 0 amide bonds. The van der Waals surface area contributed by atoms with Crippen LogP contribution in [0.15, 0.2) is 0 Å². The van der Waals surface area contributed by atoms with Crippen LogP contribution in [0.3, 0.4) is 0 Å². The molecule has 0 heterocycles. The van der Waals surface area contributed by atoms with Crippen LogP contribution in [0.1, 0.15) is 252 Å². The molecule has 6 heteroatoms. The summed E-state index contributed by atoms with van der Waals surface area (Å²) in [6.07, 6.45) is 39.7. The maximum absolute atomic E-state index is 12.7. The third kappa shape index (κ3) is 38.1. The summed E-state index contributed by atoms with van der Waals surface area (Å²) in [5.74, 6) is -0.0211. The number of hydrogen-bond acceptors (Lipinski definition) is 6. The molecule has 0 saturated carbocycles. The lowest BCUT2D eigenvalue weighted by Crippen LogP contribution is -2.30. The Bertz CT molecular complexity index is 783. The first-order valence-corrected chi connectivity index (χ1v) is 22.9. The van der Waals surface area contributed by atoms with Gasteiger partial charge in [-0.3, -0.25) is 14.4 Å². The molecule has 0 aromatic rings. The first-order chi connectivity index (χ1) is 25.4. The Labute approximate surface area is 323 Å². The Morgan fingerprint density at radius 3 is 1.00 bits per heavy atom. The van der Waals surface area contributed by atoms with Crippen LogP contribution >= 0.6 is 0 Å². The highest BCUT2D eigenvalue weighted by Crippen LogP contribution is 2.17. The summed E-state index contributed by atoms with van der Waals surface area (Å²) < 4.78 is 16.6. The molecule has 1 unspecified atom stereocenters. The van der Waals surface area contributed by atoms with E-state index in [0.29, 0.717) is 19.3 Å². The molecule has 2 atom stereocenters. The van der Waals surface area contributed by atoms with E-state index in [-0.39, 0.29) is 31.1 Å². The molecule has 0 N–H and O–H groups in total. The zero-order valence-electron chi connectivity index (χ0n) is 35.3. The molecule has 0 aromatic carbocycles. The minimum absolute atomic E-state index is 0.0654. The summed E-state index contributed by atoms with van der Waals surface area (Å²) in [4.78, 5) is 37.5. The predicted molar refractivity (Wildman–Crippen MR) is 220 cm³/mol. The van der Waals surface area contributed by atoms with Gasteiger partial charge in [-0.05, 0) is 25.2 Å². The second kappa shape index (κ2) is 40.6. The highest BCUT2D eigenvalue weighted by molar-refractivity contribution is 5.71. The van der Waals surface area contributed by atoms with Gasteiger partial charge in [0.25, 0.3) is 0 Å². The number of carbonyl (C=O) groups excluding carboxylic acids is 3. The lowest BCUT2D eigenvalue weighted by atomic mass is 9.99. The van der Waals surface area contributed by atoms with Gasteiger partial charge in [-0.15, -0.1) is 0 Å². The number of rotatable bonds is 41. The SMILES string of the molecule is CCCCCCCCCCCCCCCCCCCC(=O)O[C@@H](COC(=O)CCCCCCC)COC(=O)CCCCCCCCCCC(C)CC. The van der Waals surface area contributed by atoms with Crippen LogP contribution in [0.2, 0.25) is 0 Å². The van der Waals surface area contributed by atoms with Gasteiger partial charge in [-0.25, -0.2) is 0 Å². The quantitative estimate of drug-likeness (QED) is 0.0353. The van der Waals surface area contributed by atoms with Gasteiger partial charge in [-0.1, -0.05) is 214 Å². The van der Waals surface area contributed by atoms with E-state index in [1.54, 1.807) is 0 Å². The Hall–Kier alpha value is -1.59. The summed E-state index contributed by atoms with van der Waals surface area (Å²) in [5.41, 5.74) is 0. The Balaban J connectivity index is 4.17. The van der Waals surface area contributed by atoms with Crippen LogP contribution in [0.25, 0.3) is 0 Å². The van der Waals surface area contributed by atoms with Gasteiger partial charge >= 0.3 is 17.9 Å². The zero-order chi connectivity index (χ0) is 38.2. The molecule has 0 rings (SSSR count). The molecule has 0 aliphatic rings. The Kier molecular flexibility index (Phi) is 39.4. The minimum Gasteiger partial charge on any atom is -0.462 e. The van der Waals surface area contributed by atoms with Gasteiger partial charge in [0.05, 0.1) is 0 Å². The van der Waals surface area contributed by atoms with Gasteiger partial charge in [0.1, 0.15) is 13.2 Å². The van der Waals surface area contributed by atoms with E-state index in [9.17, 15) is 14.4 Å². The summed E-state index contributed by atoms with van der Waals surface area (Å²) in [6, 6.07) is 0. The van der Waals surface area contributed by atoms with Crippen LogP contribution in [-0.2, 0) is 28.6 Å². The normalized spacial score (nSPS) is 12.5. The van der Waals surface area contributed by atoms with Crippen molar-refractivity contribution in [2.45, 2.75) is 259 Å². The molecule has 52 heavy (non-hydrogen) atoms. The van der Waals surface area contributed by atoms with E-state index in [0.717, 1.165) is 70.1 Å². The fraction of sp³-hybridized carbons (Fsp3) is 0.935. The standard InChI is InChI=1S/C46H88O6/c1-5-8-10-12-13-14-15-16-17-18-19-20-21-22-27-31-35-39-46(49)52-43(40-50-44(47)37-33-28-11-9-6-2)41-51-45(48)38-34-30-26-24-23-25-29-32-36-42(4)7-3/h42-43H,5-41H2,1-4H3/t42?,43-/m0/s1. The third-order valence-corrected chi connectivity index (χ3v) is 10.7. The van der Waals surface area contributed by atoms with Crippen molar-refractivity contribution in [2.24, 2.45) is 5.92 Å². The van der Waals surface area contributed by atoms with Crippen molar-refractivity contribution < 1.29 is 28.6 Å². The molecule has 0 aliphatic carbocycles. The Morgan fingerprint density at radius 2 is 0.673 bits per heavy atom. The zero-order valence-corrected chi connectivity index (χ0v) is 35.3. The molecule has 308 valence electrons. The fourth-order valence-electron chi connectivity index (χ4n) is 6.77. The van der Waals surface area contributed by atoms with E-state index in [1.807, 2.05) is 0 Å². The second-order valence-corrected chi connectivity index (χ2v) is 15.9. The van der Waals surface area contributed by atoms with Crippen LogP contribution in [-0.4, -0.2) is 37.2 Å². The predicted octanol–water partition coefficient (Wildman–Crippen LogP) is 14.3. The summed E-state index contributed by atoms with van der Waals surface area (Å²) in [6.45, 7) is 8.92. The number of hydrogen-bond donors (Lipinski definition) is 0. The van der Waals surface area contributed by atoms with E-state index in [4.69, 9.17) is 14.2 Å². The highest BCUT2D eigenvalue weighted by Gasteiger charge is 2.19. The van der Waals surface area contributed by atoms with E-state index in [1.165, 1.54) is 141 Å². The molecule has 0 aromatic heterocycles. The van der Waals surface area contributed by atoms with Crippen molar-refractivity contribution in [3.63, 3.8) is 0 Å². The van der Waals surface area contributed by atoms with Crippen molar-refractivity contribution in [2.75, 3.05) is 13.2 Å². The minimum atomic E-state index is -0.758. The van der Waals surface area contributed by atoms with Gasteiger partial charge in [0, 0.05) is 19.3 Å². The molecule has 0 fully saturated rings. The van der Waals surface area contributed by atoms with Crippen LogP contribution in [0, 0.1) is 5.92 Å². The molecule has 0 radical (unpaired) electrons. The lowest BCUT2D eigenvalue weighted by molar-refractivity contribution is -0.167. The van der Waals surface area contributed by atoms with Gasteiger partial charge < -0.3 is 14.2 Å². The maximum Gasteiger partial charge on any atom is 0.306 e. The average Bonchev–Trinajstić information content (AvgIpc) is 3.14. The number of unbranched alkanes of at least 4 members (excludes halogenated alkanes) is 27. The summed E-state index contributed by atoms with van der Waals surface area (Å²) in [7, 11) is 0. The second-order valence-electron chi connectivity index (χ2n) is 15.9. The van der Waals surface area contributed by atoms with E-state index in [2.05, 4.69) is 27.7 Å². The van der Waals surface area contributed by atoms with Crippen LogP contribution in [0.4, 0.5) is 0 Å². The molecule has 0 spiro atoms. The number of esters is 3. The molecular weight excluding hydrogens is 648 g/mol. The largest absolute Gasteiger partial charge is 0.462 e. The Morgan fingerprint density at radius 1 is 0.385 bits per heavy atom. The first kappa shape index (κ1) is 50.4. The monoisotopic (exact) mass is 737 g/mol. The van der Waals surface area contributed by atoms with Gasteiger partial charge in [0.2, 0.25) is 0 Å².